The summed E-state index contributed by atoms with van der Waals surface area (Å²) in [5.41, 5.74) is 0. The minimum Gasteiger partial charge on any atom is -0.345 e. The lowest BCUT2D eigenvalue weighted by Crippen LogP contribution is -2.35. The number of rotatable bonds is 11. The van der Waals surface area contributed by atoms with Crippen LogP contribution in [-0.4, -0.2) is 24.5 Å². The molecule has 0 saturated heterocycles. The summed E-state index contributed by atoms with van der Waals surface area (Å²) in [6.07, 6.45) is 15.0. The maximum absolute atomic E-state index is 8.40. The summed E-state index contributed by atoms with van der Waals surface area (Å²) in [6.45, 7) is 3.10. The summed E-state index contributed by atoms with van der Waals surface area (Å²) in [7, 11) is 1.85. The van der Waals surface area contributed by atoms with Crippen LogP contribution < -0.4 is 5.32 Å². The fourth-order valence-corrected chi connectivity index (χ4v) is 2.10. The van der Waals surface area contributed by atoms with Crippen LogP contribution in [0.4, 0.5) is 0 Å². The molecule has 0 aliphatic rings. The predicted octanol–water partition coefficient (Wildman–Crippen LogP) is 3.84. The Labute approximate surface area is 118 Å². The predicted molar refractivity (Wildman–Crippen MR) is 80.9 cm³/mol. The molecule has 0 aliphatic heterocycles. The molecule has 4 nitrogen and oxygen atoms in total. The lowest BCUT2D eigenvalue weighted by molar-refractivity contribution is 0.453. The van der Waals surface area contributed by atoms with E-state index >= 15 is 0 Å². The zero-order chi connectivity index (χ0) is 14.3. The average Bonchev–Trinajstić information content (AvgIpc) is 2.41. The van der Waals surface area contributed by atoms with Crippen molar-refractivity contribution in [2.45, 2.75) is 71.1 Å². The Morgan fingerprint density at radius 1 is 1.00 bits per heavy atom. The molecule has 0 unspecified atom stereocenters. The molecular weight excluding hydrogens is 236 g/mol. The van der Waals surface area contributed by atoms with Gasteiger partial charge in [0, 0.05) is 13.6 Å². The highest BCUT2D eigenvalue weighted by Gasteiger charge is 2.02. The Morgan fingerprint density at radius 3 is 1.95 bits per heavy atom. The second-order valence-electron chi connectivity index (χ2n) is 5.19. The maximum atomic E-state index is 8.40. The van der Waals surface area contributed by atoms with Gasteiger partial charge >= 0.3 is 0 Å². The molecule has 0 atom stereocenters. The van der Waals surface area contributed by atoms with E-state index in [-0.39, 0.29) is 5.96 Å². The summed E-state index contributed by atoms with van der Waals surface area (Å²) in [4.78, 5) is 1.79. The quantitative estimate of drug-likeness (QED) is 0.196. The second kappa shape index (κ2) is 13.2. The number of hydrogen-bond donors (Lipinski definition) is 2. The molecular formula is C15H30N4. The lowest BCUT2D eigenvalue weighted by atomic mass is 10.1. The highest BCUT2D eigenvalue weighted by atomic mass is 15.2. The van der Waals surface area contributed by atoms with Crippen LogP contribution >= 0.6 is 0 Å². The van der Waals surface area contributed by atoms with Gasteiger partial charge in [0.05, 0.1) is 0 Å². The zero-order valence-electron chi connectivity index (χ0n) is 12.7. The van der Waals surface area contributed by atoms with E-state index in [1.54, 1.807) is 11.1 Å². The summed E-state index contributed by atoms with van der Waals surface area (Å²) in [5.74, 6) is 0.193. The van der Waals surface area contributed by atoms with E-state index in [4.69, 9.17) is 10.7 Å². The Kier molecular flexibility index (Phi) is 12.3. The van der Waals surface area contributed by atoms with Gasteiger partial charge in [-0.2, -0.15) is 5.26 Å². The van der Waals surface area contributed by atoms with Crippen LogP contribution in [0.15, 0.2) is 0 Å². The molecule has 0 radical (unpaired) electrons. The lowest BCUT2D eigenvalue weighted by Gasteiger charge is -2.17. The monoisotopic (exact) mass is 266 g/mol. The van der Waals surface area contributed by atoms with Crippen LogP contribution in [0.1, 0.15) is 71.1 Å². The van der Waals surface area contributed by atoms with Crippen LogP contribution in [-0.2, 0) is 0 Å². The fourth-order valence-electron chi connectivity index (χ4n) is 2.10. The van der Waals surface area contributed by atoms with Gasteiger partial charge in [-0.15, -0.1) is 0 Å². The minimum atomic E-state index is 0.193. The first-order valence-electron chi connectivity index (χ1n) is 7.67. The SMILES string of the molecule is CCCCCCCCCCCCN(C)C(=N)NC#N. The molecule has 0 aromatic rings. The number of nitrogens with one attached hydrogen (secondary N) is 2. The molecule has 0 fully saturated rings. The number of guanidine groups is 1. The van der Waals surface area contributed by atoms with Crippen LogP contribution in [0, 0.1) is 16.9 Å². The van der Waals surface area contributed by atoms with Crippen molar-refractivity contribution in [2.24, 2.45) is 0 Å². The first kappa shape index (κ1) is 17.8. The van der Waals surface area contributed by atoms with Gasteiger partial charge in [-0.1, -0.05) is 64.7 Å². The third-order valence-corrected chi connectivity index (χ3v) is 3.40. The van der Waals surface area contributed by atoms with Crippen LogP contribution in [0.2, 0.25) is 0 Å². The molecule has 0 amide bonds. The largest absolute Gasteiger partial charge is 0.345 e. The van der Waals surface area contributed by atoms with Crippen molar-refractivity contribution in [3.8, 4) is 6.19 Å². The highest BCUT2D eigenvalue weighted by molar-refractivity contribution is 5.77. The van der Waals surface area contributed by atoms with Crippen LogP contribution in [0.3, 0.4) is 0 Å². The number of nitriles is 1. The maximum Gasteiger partial charge on any atom is 0.204 e. The molecule has 4 heteroatoms. The van der Waals surface area contributed by atoms with Gasteiger partial charge in [0.25, 0.3) is 0 Å². The molecule has 0 aromatic heterocycles. The van der Waals surface area contributed by atoms with Crippen molar-refractivity contribution >= 4 is 5.96 Å². The Hall–Kier alpha value is -1.24. The van der Waals surface area contributed by atoms with E-state index in [0.29, 0.717) is 0 Å². The molecule has 0 saturated carbocycles. The minimum absolute atomic E-state index is 0.193. The van der Waals surface area contributed by atoms with Crippen LogP contribution in [0.25, 0.3) is 0 Å². The normalized spacial score (nSPS) is 9.95. The van der Waals surface area contributed by atoms with Crippen molar-refractivity contribution in [1.29, 1.82) is 10.7 Å². The van der Waals surface area contributed by atoms with E-state index in [0.717, 1.165) is 13.0 Å². The molecule has 0 heterocycles. The smallest absolute Gasteiger partial charge is 0.204 e. The summed E-state index contributed by atoms with van der Waals surface area (Å²) < 4.78 is 0. The Bertz CT molecular complexity index is 257. The molecule has 0 rings (SSSR count). The standard InChI is InChI=1S/C15H30N4/c1-3-4-5-6-7-8-9-10-11-12-13-19(2)15(17)18-14-16/h3-13H2,1-2H3,(H2,17,18). The van der Waals surface area contributed by atoms with Gasteiger partial charge in [0.2, 0.25) is 5.96 Å². The second-order valence-corrected chi connectivity index (χ2v) is 5.19. The van der Waals surface area contributed by atoms with E-state index in [1.807, 2.05) is 7.05 Å². The summed E-state index contributed by atoms with van der Waals surface area (Å²) >= 11 is 0. The third kappa shape index (κ3) is 11.6. The van der Waals surface area contributed by atoms with Gasteiger partial charge in [-0.25, -0.2) is 0 Å². The molecule has 0 bridgehead atoms. The zero-order valence-corrected chi connectivity index (χ0v) is 12.7. The number of nitrogens with zero attached hydrogens (tertiary/aromatic N) is 2. The first-order valence-corrected chi connectivity index (χ1v) is 7.67. The van der Waals surface area contributed by atoms with Crippen LogP contribution in [0.5, 0.6) is 0 Å². The summed E-state index contributed by atoms with van der Waals surface area (Å²) in [5, 5.41) is 18.3. The van der Waals surface area contributed by atoms with E-state index < -0.39 is 0 Å². The highest BCUT2D eigenvalue weighted by Crippen LogP contribution is 2.10. The van der Waals surface area contributed by atoms with Gasteiger partial charge in [0.15, 0.2) is 6.19 Å². The molecule has 0 aromatic carbocycles. The van der Waals surface area contributed by atoms with E-state index in [9.17, 15) is 0 Å². The van der Waals surface area contributed by atoms with Gasteiger partial charge < -0.3 is 4.90 Å². The van der Waals surface area contributed by atoms with Crippen molar-refractivity contribution in [3.63, 3.8) is 0 Å². The Balaban J connectivity index is 3.23. The molecule has 2 N–H and O–H groups in total. The van der Waals surface area contributed by atoms with Crippen molar-refractivity contribution < 1.29 is 0 Å². The molecule has 110 valence electrons. The molecule has 0 aliphatic carbocycles. The van der Waals surface area contributed by atoms with Crippen molar-refractivity contribution in [3.05, 3.63) is 0 Å². The van der Waals surface area contributed by atoms with Gasteiger partial charge in [-0.3, -0.25) is 10.7 Å². The third-order valence-electron chi connectivity index (χ3n) is 3.40. The molecule has 19 heavy (non-hydrogen) atoms. The Morgan fingerprint density at radius 2 is 1.47 bits per heavy atom. The van der Waals surface area contributed by atoms with Gasteiger partial charge in [0.1, 0.15) is 0 Å². The first-order chi connectivity index (χ1) is 9.22. The number of hydrogen-bond acceptors (Lipinski definition) is 2. The van der Waals surface area contributed by atoms with Gasteiger partial charge in [-0.05, 0) is 6.42 Å². The van der Waals surface area contributed by atoms with E-state index in [2.05, 4.69) is 12.2 Å². The molecule has 0 spiro atoms. The van der Waals surface area contributed by atoms with Crippen molar-refractivity contribution in [1.82, 2.24) is 10.2 Å². The number of unbranched alkanes of at least 4 members (excludes halogenated alkanes) is 9. The topological polar surface area (TPSA) is 62.9 Å². The fraction of sp³-hybridized carbons (Fsp3) is 0.867. The van der Waals surface area contributed by atoms with Crippen molar-refractivity contribution in [2.75, 3.05) is 13.6 Å². The average molecular weight is 266 g/mol. The van der Waals surface area contributed by atoms with E-state index in [1.165, 1.54) is 57.8 Å². The summed E-state index contributed by atoms with van der Waals surface area (Å²) in [6, 6.07) is 0.